The Hall–Kier alpha value is -1.98. The first-order valence-corrected chi connectivity index (χ1v) is 7.37. The Bertz CT molecular complexity index is 764. The molecule has 3 aromatic rings. The molecule has 0 radical (unpaired) electrons. The van der Waals surface area contributed by atoms with Gasteiger partial charge in [0.1, 0.15) is 5.82 Å². The summed E-state index contributed by atoms with van der Waals surface area (Å²) in [6, 6.07) is 11.7. The number of aromatic amines is 1. The van der Waals surface area contributed by atoms with Crippen molar-refractivity contribution in [3.05, 3.63) is 62.8 Å². The third-order valence-electron chi connectivity index (χ3n) is 3.21. The van der Waals surface area contributed by atoms with Crippen LogP contribution in [0.3, 0.4) is 0 Å². The zero-order chi connectivity index (χ0) is 13.9. The van der Waals surface area contributed by atoms with E-state index in [2.05, 4.69) is 33.7 Å². The predicted molar refractivity (Wildman–Crippen MR) is 81.9 cm³/mol. The summed E-state index contributed by atoms with van der Waals surface area (Å²) < 4.78 is 0. The second kappa shape index (κ2) is 5.56. The summed E-state index contributed by atoms with van der Waals surface area (Å²) in [5.41, 5.74) is 0.646. The normalized spacial score (nSPS) is 12.7. The Kier molecular flexibility index (Phi) is 3.62. The maximum Gasteiger partial charge on any atom is 0.258 e. The summed E-state index contributed by atoms with van der Waals surface area (Å²) >= 11 is 1.72. The number of benzene rings is 1. The van der Waals surface area contributed by atoms with Crippen LogP contribution in [0.15, 0.2) is 46.6 Å². The van der Waals surface area contributed by atoms with Gasteiger partial charge in [0.05, 0.1) is 17.4 Å². The summed E-state index contributed by atoms with van der Waals surface area (Å²) in [6.45, 7) is 2.64. The minimum Gasteiger partial charge on any atom is -0.309 e. The van der Waals surface area contributed by atoms with E-state index in [0.29, 0.717) is 17.8 Å². The first-order valence-electron chi connectivity index (χ1n) is 6.49. The monoisotopic (exact) mass is 285 g/mol. The molecule has 0 aliphatic rings. The zero-order valence-electron chi connectivity index (χ0n) is 11.1. The first kappa shape index (κ1) is 13.0. The van der Waals surface area contributed by atoms with Crippen molar-refractivity contribution in [1.82, 2.24) is 15.3 Å². The highest BCUT2D eigenvalue weighted by Crippen LogP contribution is 2.18. The number of nitrogens with zero attached hydrogens (tertiary/aromatic N) is 1. The van der Waals surface area contributed by atoms with Crippen LogP contribution >= 0.6 is 11.3 Å². The van der Waals surface area contributed by atoms with Gasteiger partial charge >= 0.3 is 0 Å². The maximum atomic E-state index is 12.0. The number of thiophene rings is 1. The Labute approximate surface area is 120 Å². The van der Waals surface area contributed by atoms with Crippen LogP contribution in [-0.4, -0.2) is 9.97 Å². The summed E-state index contributed by atoms with van der Waals surface area (Å²) in [7, 11) is 0. The van der Waals surface area contributed by atoms with Crippen molar-refractivity contribution < 1.29 is 0 Å². The molecule has 0 aliphatic heterocycles. The van der Waals surface area contributed by atoms with E-state index in [-0.39, 0.29) is 11.6 Å². The lowest BCUT2D eigenvalue weighted by atomic mass is 10.2. The van der Waals surface area contributed by atoms with Crippen molar-refractivity contribution in [1.29, 1.82) is 0 Å². The molecule has 4 nitrogen and oxygen atoms in total. The smallest absolute Gasteiger partial charge is 0.258 e. The molecule has 2 heterocycles. The van der Waals surface area contributed by atoms with Crippen molar-refractivity contribution in [2.75, 3.05) is 0 Å². The van der Waals surface area contributed by atoms with E-state index in [1.807, 2.05) is 24.3 Å². The number of H-pyrrole nitrogens is 1. The molecule has 0 saturated carbocycles. The molecule has 5 heteroatoms. The molecule has 0 fully saturated rings. The average Bonchev–Trinajstić information content (AvgIpc) is 2.99. The quantitative estimate of drug-likeness (QED) is 0.775. The largest absolute Gasteiger partial charge is 0.309 e. The van der Waals surface area contributed by atoms with Gasteiger partial charge in [0.15, 0.2) is 0 Å². The summed E-state index contributed by atoms with van der Waals surface area (Å²) in [5, 5.41) is 6.06. The number of hydrogen-bond acceptors (Lipinski definition) is 4. The summed E-state index contributed by atoms with van der Waals surface area (Å²) in [5.74, 6) is 0.664. The van der Waals surface area contributed by atoms with Crippen LogP contribution in [0.25, 0.3) is 10.9 Å². The van der Waals surface area contributed by atoms with E-state index < -0.39 is 0 Å². The molecule has 2 N–H and O–H groups in total. The van der Waals surface area contributed by atoms with Crippen LogP contribution in [0.5, 0.6) is 0 Å². The van der Waals surface area contributed by atoms with Gasteiger partial charge in [-0.3, -0.25) is 4.79 Å². The Morgan fingerprint density at radius 3 is 2.95 bits per heavy atom. The summed E-state index contributed by atoms with van der Waals surface area (Å²) in [4.78, 5) is 20.5. The fourth-order valence-electron chi connectivity index (χ4n) is 2.11. The topological polar surface area (TPSA) is 57.8 Å². The van der Waals surface area contributed by atoms with Gasteiger partial charge in [-0.2, -0.15) is 0 Å². The van der Waals surface area contributed by atoms with E-state index in [9.17, 15) is 4.79 Å². The van der Waals surface area contributed by atoms with E-state index >= 15 is 0 Å². The average molecular weight is 285 g/mol. The molecule has 20 heavy (non-hydrogen) atoms. The van der Waals surface area contributed by atoms with Gasteiger partial charge in [0, 0.05) is 10.9 Å². The third-order valence-corrected chi connectivity index (χ3v) is 4.26. The van der Waals surface area contributed by atoms with E-state index in [4.69, 9.17) is 0 Å². The molecule has 0 spiro atoms. The molecule has 0 aliphatic carbocycles. The van der Waals surface area contributed by atoms with Crippen LogP contribution in [0, 0.1) is 0 Å². The molecule has 0 bridgehead atoms. The molecule has 1 atom stereocenters. The number of hydrogen-bond donors (Lipinski definition) is 2. The van der Waals surface area contributed by atoms with Crippen molar-refractivity contribution in [3.63, 3.8) is 0 Å². The van der Waals surface area contributed by atoms with E-state index in [1.165, 1.54) is 4.88 Å². The summed E-state index contributed by atoms with van der Waals surface area (Å²) in [6.07, 6.45) is 0. The predicted octanol–water partition coefficient (Wildman–Crippen LogP) is 2.84. The van der Waals surface area contributed by atoms with Gasteiger partial charge in [-0.25, -0.2) is 4.98 Å². The highest BCUT2D eigenvalue weighted by atomic mass is 32.1. The van der Waals surface area contributed by atoms with Crippen LogP contribution in [0.2, 0.25) is 0 Å². The highest BCUT2D eigenvalue weighted by Gasteiger charge is 2.07. The highest BCUT2D eigenvalue weighted by molar-refractivity contribution is 7.10. The molecule has 0 unspecified atom stereocenters. The Morgan fingerprint density at radius 1 is 1.30 bits per heavy atom. The van der Waals surface area contributed by atoms with E-state index in [0.717, 1.165) is 5.52 Å². The van der Waals surface area contributed by atoms with Gasteiger partial charge in [0.2, 0.25) is 0 Å². The minimum absolute atomic E-state index is 0.0869. The number of rotatable bonds is 4. The maximum absolute atomic E-state index is 12.0. The molecule has 3 rings (SSSR count). The van der Waals surface area contributed by atoms with E-state index in [1.54, 1.807) is 17.4 Å². The van der Waals surface area contributed by atoms with Gasteiger partial charge in [-0.1, -0.05) is 18.2 Å². The standard InChI is InChI=1S/C15H15N3OS/c1-10(13-7-4-8-20-13)16-9-14-17-12-6-3-2-5-11(12)15(19)18-14/h2-8,10,16H,9H2,1H3,(H,17,18,19)/t10-/m0/s1. The van der Waals surface area contributed by atoms with Crippen LogP contribution in [0.1, 0.15) is 23.7 Å². The lowest BCUT2D eigenvalue weighted by Crippen LogP contribution is -2.21. The van der Waals surface area contributed by atoms with Crippen molar-refractivity contribution in [2.45, 2.75) is 19.5 Å². The third kappa shape index (κ3) is 2.64. The van der Waals surface area contributed by atoms with Gasteiger partial charge in [-0.15, -0.1) is 11.3 Å². The molecular formula is C15H15N3OS. The second-order valence-corrected chi connectivity index (χ2v) is 5.63. The van der Waals surface area contributed by atoms with Crippen LogP contribution < -0.4 is 10.9 Å². The number of nitrogens with one attached hydrogen (secondary N) is 2. The molecule has 2 aromatic heterocycles. The SMILES string of the molecule is C[C@H](NCc1nc2ccccc2c(=O)[nH]1)c1cccs1. The molecule has 1 aromatic carbocycles. The minimum atomic E-state index is -0.0869. The van der Waals surface area contributed by atoms with Crippen LogP contribution in [0.4, 0.5) is 0 Å². The number of para-hydroxylation sites is 1. The zero-order valence-corrected chi connectivity index (χ0v) is 11.9. The van der Waals surface area contributed by atoms with Crippen molar-refractivity contribution >= 4 is 22.2 Å². The lowest BCUT2D eigenvalue weighted by Gasteiger charge is -2.11. The van der Waals surface area contributed by atoms with Crippen molar-refractivity contribution in [2.24, 2.45) is 0 Å². The number of fused-ring (bicyclic) bond motifs is 1. The van der Waals surface area contributed by atoms with Gasteiger partial charge in [0.25, 0.3) is 5.56 Å². The van der Waals surface area contributed by atoms with Crippen molar-refractivity contribution in [3.8, 4) is 0 Å². The fourth-order valence-corrected chi connectivity index (χ4v) is 2.87. The Balaban J connectivity index is 1.80. The molecule has 102 valence electrons. The van der Waals surface area contributed by atoms with Gasteiger partial charge in [-0.05, 0) is 30.5 Å². The first-order chi connectivity index (χ1) is 9.74. The number of aromatic nitrogens is 2. The molecular weight excluding hydrogens is 270 g/mol. The Morgan fingerprint density at radius 2 is 2.15 bits per heavy atom. The lowest BCUT2D eigenvalue weighted by molar-refractivity contribution is 0.567. The van der Waals surface area contributed by atoms with Gasteiger partial charge < -0.3 is 10.3 Å². The fraction of sp³-hybridized carbons (Fsp3) is 0.200. The molecule has 0 amide bonds. The second-order valence-electron chi connectivity index (χ2n) is 4.65. The van der Waals surface area contributed by atoms with Crippen LogP contribution in [-0.2, 0) is 6.54 Å². The molecule has 0 saturated heterocycles.